The van der Waals surface area contributed by atoms with Gasteiger partial charge in [-0.2, -0.15) is 5.10 Å². The molecule has 1 aromatic rings. The topological polar surface area (TPSA) is 31.9 Å². The number of H-pyrrole nitrogens is 1. The lowest BCUT2D eigenvalue weighted by Crippen LogP contribution is -2.49. The van der Waals surface area contributed by atoms with Gasteiger partial charge in [0.25, 0.3) is 0 Å². The quantitative estimate of drug-likeness (QED) is 0.825. The van der Waals surface area contributed by atoms with Crippen LogP contribution in [-0.4, -0.2) is 34.2 Å². The second-order valence-corrected chi connectivity index (χ2v) is 5.29. The van der Waals surface area contributed by atoms with E-state index < -0.39 is 0 Å². The van der Waals surface area contributed by atoms with Gasteiger partial charge in [0.2, 0.25) is 0 Å². The Hall–Kier alpha value is -0.830. The smallest absolute Gasteiger partial charge is 0.0522 e. The van der Waals surface area contributed by atoms with E-state index in [0.29, 0.717) is 0 Å². The van der Waals surface area contributed by atoms with Crippen molar-refractivity contribution in [3.8, 4) is 0 Å². The number of nitrogens with one attached hydrogen (secondary N) is 1. The minimum Gasteiger partial charge on any atom is -0.300 e. The number of piperidine rings is 1. The Kier molecular flexibility index (Phi) is 2.72. The molecule has 2 aliphatic rings. The van der Waals surface area contributed by atoms with Crippen molar-refractivity contribution in [1.82, 2.24) is 15.1 Å². The van der Waals surface area contributed by atoms with Crippen molar-refractivity contribution in [3.05, 3.63) is 17.5 Å². The van der Waals surface area contributed by atoms with Crippen LogP contribution in [-0.2, 0) is 12.8 Å². The fourth-order valence-electron chi connectivity index (χ4n) is 3.49. The first-order valence-electron chi connectivity index (χ1n) is 6.63. The van der Waals surface area contributed by atoms with Crippen LogP contribution >= 0.6 is 0 Å². The molecule has 1 aromatic heterocycles. The van der Waals surface area contributed by atoms with Crippen LogP contribution in [0, 0.1) is 5.92 Å². The molecule has 1 aliphatic heterocycles. The summed E-state index contributed by atoms with van der Waals surface area (Å²) in [7, 11) is 0. The van der Waals surface area contributed by atoms with Crippen molar-refractivity contribution in [1.29, 1.82) is 0 Å². The number of rotatable bonds is 2. The Balaban J connectivity index is 1.81. The summed E-state index contributed by atoms with van der Waals surface area (Å²) in [5.41, 5.74) is 2.86. The molecular formula is C13H21N3. The normalized spacial score (nSPS) is 29.8. The molecular weight excluding hydrogens is 198 g/mol. The zero-order chi connectivity index (χ0) is 11.0. The molecule has 3 nitrogen and oxygen atoms in total. The van der Waals surface area contributed by atoms with E-state index >= 15 is 0 Å². The maximum atomic E-state index is 4.19. The van der Waals surface area contributed by atoms with Gasteiger partial charge in [-0.25, -0.2) is 0 Å². The highest BCUT2D eigenvalue weighted by molar-refractivity contribution is 5.23. The van der Waals surface area contributed by atoms with Gasteiger partial charge in [-0.05, 0) is 56.7 Å². The van der Waals surface area contributed by atoms with Crippen molar-refractivity contribution >= 4 is 0 Å². The Morgan fingerprint density at radius 1 is 1.50 bits per heavy atom. The highest BCUT2D eigenvalue weighted by Crippen LogP contribution is 2.34. The van der Waals surface area contributed by atoms with E-state index in [1.807, 2.05) is 6.20 Å². The van der Waals surface area contributed by atoms with Crippen molar-refractivity contribution in [2.45, 2.75) is 45.1 Å². The third kappa shape index (κ3) is 1.67. The summed E-state index contributed by atoms with van der Waals surface area (Å²) >= 11 is 0. The monoisotopic (exact) mass is 219 g/mol. The molecule has 1 N–H and O–H groups in total. The van der Waals surface area contributed by atoms with Gasteiger partial charge in [0.15, 0.2) is 0 Å². The van der Waals surface area contributed by atoms with Crippen LogP contribution < -0.4 is 0 Å². The lowest BCUT2D eigenvalue weighted by molar-refractivity contribution is 0.0850. The van der Waals surface area contributed by atoms with E-state index in [0.717, 1.165) is 12.0 Å². The zero-order valence-electron chi connectivity index (χ0n) is 10.1. The summed E-state index contributed by atoms with van der Waals surface area (Å²) in [6.45, 7) is 4.87. The number of aromatic amines is 1. The fourth-order valence-corrected chi connectivity index (χ4v) is 3.49. The third-order valence-electron chi connectivity index (χ3n) is 4.25. The molecule has 0 saturated carbocycles. The predicted octanol–water partition coefficient (Wildman–Crippen LogP) is 2.00. The predicted molar refractivity (Wildman–Crippen MR) is 64.4 cm³/mol. The molecule has 0 bridgehead atoms. The second kappa shape index (κ2) is 4.21. The minimum absolute atomic E-state index is 0.791. The molecule has 3 heteroatoms. The molecule has 0 unspecified atom stereocenters. The van der Waals surface area contributed by atoms with Crippen LogP contribution in [0.2, 0.25) is 0 Å². The molecule has 1 fully saturated rings. The van der Waals surface area contributed by atoms with Gasteiger partial charge in [-0.1, -0.05) is 6.92 Å². The standard InChI is InChI=1S/C13H21N3/c1-2-5-16-6-3-4-10-7-12-11(8-13(10)16)9-14-15-12/h9-10,13H,2-8H2,1H3,(H,14,15)/t10-,13+/m0/s1. The second-order valence-electron chi connectivity index (χ2n) is 5.29. The molecule has 3 rings (SSSR count). The van der Waals surface area contributed by atoms with Crippen LogP contribution in [0.3, 0.4) is 0 Å². The van der Waals surface area contributed by atoms with E-state index in [-0.39, 0.29) is 0 Å². The molecule has 0 radical (unpaired) electrons. The lowest BCUT2D eigenvalue weighted by Gasteiger charge is -2.43. The van der Waals surface area contributed by atoms with Crippen molar-refractivity contribution < 1.29 is 0 Å². The van der Waals surface area contributed by atoms with E-state index in [1.54, 1.807) is 0 Å². The van der Waals surface area contributed by atoms with Crippen LogP contribution in [0.5, 0.6) is 0 Å². The molecule has 1 aliphatic carbocycles. The Bertz CT molecular complexity index is 356. The summed E-state index contributed by atoms with van der Waals surface area (Å²) in [4.78, 5) is 2.71. The van der Waals surface area contributed by atoms with Gasteiger partial charge in [-0.3, -0.25) is 10.00 Å². The number of nitrogens with zero attached hydrogens (tertiary/aromatic N) is 2. The summed E-state index contributed by atoms with van der Waals surface area (Å²) in [5, 5.41) is 7.36. The van der Waals surface area contributed by atoms with Crippen molar-refractivity contribution in [2.75, 3.05) is 13.1 Å². The summed E-state index contributed by atoms with van der Waals surface area (Å²) in [6.07, 6.45) is 8.54. The van der Waals surface area contributed by atoms with E-state index in [2.05, 4.69) is 22.0 Å². The van der Waals surface area contributed by atoms with Crippen LogP contribution in [0.4, 0.5) is 0 Å². The van der Waals surface area contributed by atoms with Crippen LogP contribution in [0.1, 0.15) is 37.4 Å². The van der Waals surface area contributed by atoms with E-state index in [9.17, 15) is 0 Å². The third-order valence-corrected chi connectivity index (χ3v) is 4.25. The lowest BCUT2D eigenvalue weighted by atomic mass is 9.77. The number of hydrogen-bond acceptors (Lipinski definition) is 2. The summed E-state index contributed by atoms with van der Waals surface area (Å²) < 4.78 is 0. The van der Waals surface area contributed by atoms with Crippen LogP contribution in [0.15, 0.2) is 6.20 Å². The minimum atomic E-state index is 0.791. The molecule has 0 aromatic carbocycles. The van der Waals surface area contributed by atoms with Gasteiger partial charge < -0.3 is 0 Å². The maximum Gasteiger partial charge on any atom is 0.0522 e. The Morgan fingerprint density at radius 2 is 2.44 bits per heavy atom. The van der Waals surface area contributed by atoms with Gasteiger partial charge in [0, 0.05) is 11.7 Å². The molecule has 88 valence electrons. The average Bonchev–Trinajstić information content (AvgIpc) is 2.74. The van der Waals surface area contributed by atoms with Crippen molar-refractivity contribution in [3.63, 3.8) is 0 Å². The Labute approximate surface area is 97.2 Å². The molecule has 0 spiro atoms. The number of likely N-dealkylation sites (tertiary alicyclic amines) is 1. The maximum absolute atomic E-state index is 4.19. The van der Waals surface area contributed by atoms with Gasteiger partial charge >= 0.3 is 0 Å². The van der Waals surface area contributed by atoms with E-state index in [4.69, 9.17) is 0 Å². The van der Waals surface area contributed by atoms with Crippen LogP contribution in [0.25, 0.3) is 0 Å². The summed E-state index contributed by atoms with van der Waals surface area (Å²) in [6, 6.07) is 0.791. The number of aromatic nitrogens is 2. The SMILES string of the molecule is CCCN1CCC[C@H]2Cc3[nH]ncc3C[C@H]21. The summed E-state index contributed by atoms with van der Waals surface area (Å²) in [5.74, 6) is 0.869. The van der Waals surface area contributed by atoms with E-state index in [1.165, 1.54) is 56.5 Å². The first-order valence-corrected chi connectivity index (χ1v) is 6.63. The average molecular weight is 219 g/mol. The molecule has 0 amide bonds. The first-order chi connectivity index (χ1) is 7.88. The highest BCUT2D eigenvalue weighted by Gasteiger charge is 2.35. The van der Waals surface area contributed by atoms with Gasteiger partial charge in [-0.15, -0.1) is 0 Å². The zero-order valence-corrected chi connectivity index (χ0v) is 10.1. The number of fused-ring (bicyclic) bond motifs is 2. The molecule has 16 heavy (non-hydrogen) atoms. The molecule has 2 atom stereocenters. The molecule has 2 heterocycles. The number of hydrogen-bond donors (Lipinski definition) is 1. The first kappa shape index (κ1) is 10.3. The molecule has 1 saturated heterocycles. The largest absolute Gasteiger partial charge is 0.300 e. The van der Waals surface area contributed by atoms with Gasteiger partial charge in [0.05, 0.1) is 6.20 Å². The highest BCUT2D eigenvalue weighted by atomic mass is 15.2. The van der Waals surface area contributed by atoms with Crippen molar-refractivity contribution in [2.24, 2.45) is 5.92 Å². The Morgan fingerprint density at radius 3 is 3.31 bits per heavy atom. The fraction of sp³-hybridized carbons (Fsp3) is 0.769. The van der Waals surface area contributed by atoms with Gasteiger partial charge in [0.1, 0.15) is 0 Å².